The van der Waals surface area contributed by atoms with Crippen molar-refractivity contribution in [1.82, 2.24) is 9.80 Å². The molecule has 2 aliphatic rings. The third kappa shape index (κ3) is 4.45. The molecule has 2 aromatic rings. The lowest BCUT2D eigenvalue weighted by Crippen LogP contribution is -2.58. The van der Waals surface area contributed by atoms with E-state index in [1.165, 1.54) is 12.1 Å². The molecule has 154 valence electrons. The fourth-order valence-corrected chi connectivity index (χ4v) is 3.78. The fraction of sp³-hybridized carbons (Fsp3) is 0.409. The third-order valence-electron chi connectivity index (χ3n) is 5.44. The zero-order chi connectivity index (χ0) is 20.4. The van der Waals surface area contributed by atoms with Gasteiger partial charge < -0.3 is 19.1 Å². The van der Waals surface area contributed by atoms with Crippen LogP contribution in [0.1, 0.15) is 19.4 Å². The van der Waals surface area contributed by atoms with Crippen molar-refractivity contribution in [2.24, 2.45) is 0 Å². The predicted molar refractivity (Wildman–Crippen MR) is 106 cm³/mol. The van der Waals surface area contributed by atoms with Crippen LogP contribution in [-0.4, -0.2) is 54.3 Å². The number of amides is 1. The normalized spacial score (nSPS) is 21.3. The van der Waals surface area contributed by atoms with Crippen LogP contribution in [0.15, 0.2) is 42.5 Å². The SMILES string of the molecule is C[C@@H]1CN(C(=O)COc2ccc3c(c2)OCO3)[C@@H](C)CN1Cc1ccc(F)cc1. The minimum Gasteiger partial charge on any atom is -0.484 e. The molecule has 0 bridgehead atoms. The monoisotopic (exact) mass is 400 g/mol. The Morgan fingerprint density at radius 1 is 1.07 bits per heavy atom. The van der Waals surface area contributed by atoms with Crippen LogP contribution in [0.2, 0.25) is 0 Å². The highest BCUT2D eigenvalue weighted by Crippen LogP contribution is 2.35. The molecular formula is C22H25FN2O4. The van der Waals surface area contributed by atoms with Gasteiger partial charge in [-0.2, -0.15) is 0 Å². The molecular weight excluding hydrogens is 375 g/mol. The number of fused-ring (bicyclic) bond motifs is 1. The van der Waals surface area contributed by atoms with E-state index < -0.39 is 0 Å². The van der Waals surface area contributed by atoms with E-state index in [-0.39, 0.29) is 37.2 Å². The number of benzene rings is 2. The molecule has 1 amide bonds. The van der Waals surface area contributed by atoms with Crippen molar-refractivity contribution in [3.63, 3.8) is 0 Å². The molecule has 2 heterocycles. The van der Waals surface area contributed by atoms with Crippen LogP contribution in [0.25, 0.3) is 0 Å². The van der Waals surface area contributed by atoms with Crippen LogP contribution in [0.4, 0.5) is 4.39 Å². The number of carbonyl (C=O) groups is 1. The van der Waals surface area contributed by atoms with Crippen molar-refractivity contribution in [2.75, 3.05) is 26.5 Å². The van der Waals surface area contributed by atoms with Gasteiger partial charge in [-0.3, -0.25) is 9.69 Å². The molecule has 4 rings (SSSR count). The van der Waals surface area contributed by atoms with Gasteiger partial charge in [0.05, 0.1) is 0 Å². The van der Waals surface area contributed by atoms with Gasteiger partial charge in [0.2, 0.25) is 6.79 Å². The first kappa shape index (κ1) is 19.5. The Hall–Kier alpha value is -2.80. The molecule has 0 aliphatic carbocycles. The van der Waals surface area contributed by atoms with Crippen LogP contribution >= 0.6 is 0 Å². The van der Waals surface area contributed by atoms with E-state index in [1.807, 2.05) is 24.0 Å². The van der Waals surface area contributed by atoms with Crippen LogP contribution in [0, 0.1) is 5.82 Å². The van der Waals surface area contributed by atoms with Gasteiger partial charge in [-0.1, -0.05) is 12.1 Å². The standard InChI is InChI=1S/C22H25FN2O4/c1-15-11-25(16(2)10-24(15)12-17-3-5-18(23)6-4-17)22(26)13-27-19-7-8-20-21(9-19)29-14-28-20/h3-9,15-16H,10-14H2,1-2H3/t15-,16+/m1/s1. The lowest BCUT2D eigenvalue weighted by atomic mass is 10.1. The minimum absolute atomic E-state index is 0.0192. The molecule has 0 saturated carbocycles. The van der Waals surface area contributed by atoms with E-state index in [4.69, 9.17) is 14.2 Å². The maximum atomic E-state index is 13.1. The molecule has 0 spiro atoms. The second-order valence-electron chi connectivity index (χ2n) is 7.60. The average Bonchev–Trinajstić information content (AvgIpc) is 3.18. The van der Waals surface area contributed by atoms with Gasteiger partial charge in [0.25, 0.3) is 5.91 Å². The number of hydrogen-bond donors (Lipinski definition) is 0. The second-order valence-corrected chi connectivity index (χ2v) is 7.60. The van der Waals surface area contributed by atoms with Crippen molar-refractivity contribution >= 4 is 5.91 Å². The molecule has 29 heavy (non-hydrogen) atoms. The van der Waals surface area contributed by atoms with Gasteiger partial charge in [0.15, 0.2) is 18.1 Å². The van der Waals surface area contributed by atoms with Gasteiger partial charge in [-0.25, -0.2) is 4.39 Å². The van der Waals surface area contributed by atoms with Crippen LogP contribution in [0.3, 0.4) is 0 Å². The van der Waals surface area contributed by atoms with E-state index in [2.05, 4.69) is 11.8 Å². The Morgan fingerprint density at radius 3 is 2.62 bits per heavy atom. The van der Waals surface area contributed by atoms with Crippen LogP contribution in [-0.2, 0) is 11.3 Å². The average molecular weight is 400 g/mol. The summed E-state index contributed by atoms with van der Waals surface area (Å²) in [4.78, 5) is 16.9. The third-order valence-corrected chi connectivity index (χ3v) is 5.44. The van der Waals surface area contributed by atoms with Crippen LogP contribution in [0.5, 0.6) is 17.2 Å². The largest absolute Gasteiger partial charge is 0.484 e. The summed E-state index contributed by atoms with van der Waals surface area (Å²) in [5.41, 5.74) is 1.07. The first-order valence-electron chi connectivity index (χ1n) is 9.80. The summed E-state index contributed by atoms with van der Waals surface area (Å²) in [5.74, 6) is 1.63. The molecule has 1 fully saturated rings. The number of ether oxygens (including phenoxy) is 3. The maximum absolute atomic E-state index is 13.1. The van der Waals surface area contributed by atoms with Crippen molar-refractivity contribution in [2.45, 2.75) is 32.5 Å². The lowest BCUT2D eigenvalue weighted by molar-refractivity contribution is -0.139. The van der Waals surface area contributed by atoms with E-state index in [0.717, 1.165) is 18.7 Å². The highest BCUT2D eigenvalue weighted by atomic mass is 19.1. The number of rotatable bonds is 5. The molecule has 1 saturated heterocycles. The zero-order valence-corrected chi connectivity index (χ0v) is 16.6. The molecule has 2 aliphatic heterocycles. The van der Waals surface area contributed by atoms with Gasteiger partial charge in [-0.15, -0.1) is 0 Å². The Balaban J connectivity index is 1.32. The molecule has 0 unspecified atom stereocenters. The summed E-state index contributed by atoms with van der Waals surface area (Å²) >= 11 is 0. The summed E-state index contributed by atoms with van der Waals surface area (Å²) in [5, 5.41) is 0. The van der Waals surface area contributed by atoms with Gasteiger partial charge in [-0.05, 0) is 43.7 Å². The minimum atomic E-state index is -0.229. The molecule has 0 aromatic heterocycles. The van der Waals surface area contributed by atoms with Gasteiger partial charge >= 0.3 is 0 Å². The zero-order valence-electron chi connectivity index (χ0n) is 16.6. The quantitative estimate of drug-likeness (QED) is 0.772. The summed E-state index contributed by atoms with van der Waals surface area (Å²) in [6.45, 7) is 6.46. The van der Waals surface area contributed by atoms with E-state index in [0.29, 0.717) is 23.8 Å². The molecule has 6 nitrogen and oxygen atoms in total. The lowest BCUT2D eigenvalue weighted by Gasteiger charge is -2.44. The molecule has 7 heteroatoms. The van der Waals surface area contributed by atoms with E-state index >= 15 is 0 Å². The number of piperazine rings is 1. The van der Waals surface area contributed by atoms with Crippen molar-refractivity contribution < 1.29 is 23.4 Å². The Kier molecular flexibility index (Phi) is 5.58. The summed E-state index contributed by atoms with van der Waals surface area (Å²) < 4.78 is 29.4. The maximum Gasteiger partial charge on any atom is 0.260 e. The van der Waals surface area contributed by atoms with Crippen molar-refractivity contribution in [3.05, 3.63) is 53.8 Å². The number of carbonyl (C=O) groups excluding carboxylic acids is 1. The summed E-state index contributed by atoms with van der Waals surface area (Å²) in [7, 11) is 0. The van der Waals surface area contributed by atoms with Crippen LogP contribution < -0.4 is 14.2 Å². The molecule has 2 atom stereocenters. The van der Waals surface area contributed by atoms with Gasteiger partial charge in [0, 0.05) is 37.8 Å². The van der Waals surface area contributed by atoms with Crippen molar-refractivity contribution in [1.29, 1.82) is 0 Å². The topological polar surface area (TPSA) is 51.2 Å². The number of nitrogens with zero attached hydrogens (tertiary/aromatic N) is 2. The highest BCUT2D eigenvalue weighted by molar-refractivity contribution is 5.78. The number of halogens is 1. The smallest absolute Gasteiger partial charge is 0.260 e. The predicted octanol–water partition coefficient (Wildman–Crippen LogP) is 3.05. The second kappa shape index (κ2) is 8.29. The number of hydrogen-bond acceptors (Lipinski definition) is 5. The summed E-state index contributed by atoms with van der Waals surface area (Å²) in [6, 6.07) is 12.1. The van der Waals surface area contributed by atoms with Crippen molar-refractivity contribution in [3.8, 4) is 17.2 Å². The van der Waals surface area contributed by atoms with E-state index in [9.17, 15) is 9.18 Å². The molecule has 0 N–H and O–H groups in total. The fourth-order valence-electron chi connectivity index (χ4n) is 3.78. The molecule has 2 aromatic carbocycles. The van der Waals surface area contributed by atoms with Gasteiger partial charge in [0.1, 0.15) is 11.6 Å². The Morgan fingerprint density at radius 2 is 1.83 bits per heavy atom. The Labute approximate surface area is 169 Å². The molecule has 0 radical (unpaired) electrons. The highest BCUT2D eigenvalue weighted by Gasteiger charge is 2.32. The first-order valence-corrected chi connectivity index (χ1v) is 9.80. The summed E-state index contributed by atoms with van der Waals surface area (Å²) in [6.07, 6.45) is 0. The first-order chi connectivity index (χ1) is 14.0. The van der Waals surface area contributed by atoms with E-state index in [1.54, 1.807) is 18.2 Å². The Bertz CT molecular complexity index is 874.